The van der Waals surface area contributed by atoms with Crippen LogP contribution in [0.2, 0.25) is 0 Å². The Morgan fingerprint density at radius 3 is 2.30 bits per heavy atom. The molecule has 0 N–H and O–H groups in total. The van der Waals surface area contributed by atoms with E-state index in [4.69, 9.17) is 4.74 Å². The maximum Gasteiger partial charge on any atom is 0.246 e. The summed E-state index contributed by atoms with van der Waals surface area (Å²) < 4.78 is 5.24. The summed E-state index contributed by atoms with van der Waals surface area (Å²) in [6, 6.07) is 8.37. The number of carbonyl (C=O) groups is 1. The SMILES string of the molecule is CC(C)(C)c1ccc(C=CC(=O)N2CCOCC2)cc1. The van der Waals surface area contributed by atoms with Crippen LogP contribution < -0.4 is 0 Å². The zero-order valence-electron chi connectivity index (χ0n) is 12.6. The monoisotopic (exact) mass is 273 g/mol. The van der Waals surface area contributed by atoms with Gasteiger partial charge in [0.1, 0.15) is 0 Å². The summed E-state index contributed by atoms with van der Waals surface area (Å²) in [4.78, 5) is 13.8. The van der Waals surface area contributed by atoms with Crippen molar-refractivity contribution in [2.24, 2.45) is 0 Å². The average molecular weight is 273 g/mol. The Hall–Kier alpha value is -1.61. The first-order valence-corrected chi connectivity index (χ1v) is 7.12. The molecule has 0 unspecified atom stereocenters. The third kappa shape index (κ3) is 3.94. The molecule has 0 radical (unpaired) electrons. The van der Waals surface area contributed by atoms with Crippen molar-refractivity contribution in [3.63, 3.8) is 0 Å². The van der Waals surface area contributed by atoms with E-state index in [2.05, 4.69) is 45.0 Å². The van der Waals surface area contributed by atoms with Gasteiger partial charge in [-0.15, -0.1) is 0 Å². The molecule has 1 aromatic carbocycles. The number of hydrogen-bond acceptors (Lipinski definition) is 2. The molecule has 1 amide bonds. The predicted octanol–water partition coefficient (Wildman–Crippen LogP) is 2.86. The van der Waals surface area contributed by atoms with E-state index in [9.17, 15) is 4.79 Å². The highest BCUT2D eigenvalue weighted by Crippen LogP contribution is 2.22. The molecule has 3 nitrogen and oxygen atoms in total. The van der Waals surface area contributed by atoms with Gasteiger partial charge in [-0.05, 0) is 22.6 Å². The highest BCUT2D eigenvalue weighted by Gasteiger charge is 2.14. The molecule has 0 bridgehead atoms. The van der Waals surface area contributed by atoms with Crippen molar-refractivity contribution in [2.75, 3.05) is 26.3 Å². The molecular weight excluding hydrogens is 250 g/mol. The van der Waals surface area contributed by atoms with Gasteiger partial charge in [0.15, 0.2) is 0 Å². The smallest absolute Gasteiger partial charge is 0.246 e. The lowest BCUT2D eigenvalue weighted by Crippen LogP contribution is -2.39. The maximum atomic E-state index is 12.0. The summed E-state index contributed by atoms with van der Waals surface area (Å²) in [6.45, 7) is 9.23. The average Bonchev–Trinajstić information content (AvgIpc) is 2.45. The Morgan fingerprint density at radius 1 is 1.15 bits per heavy atom. The van der Waals surface area contributed by atoms with E-state index in [1.54, 1.807) is 6.08 Å². The highest BCUT2D eigenvalue weighted by molar-refractivity contribution is 5.91. The fourth-order valence-corrected chi connectivity index (χ4v) is 2.15. The van der Waals surface area contributed by atoms with E-state index < -0.39 is 0 Å². The van der Waals surface area contributed by atoms with Gasteiger partial charge >= 0.3 is 0 Å². The van der Waals surface area contributed by atoms with Crippen LogP contribution in [0.1, 0.15) is 31.9 Å². The third-order valence-corrected chi connectivity index (χ3v) is 3.52. The molecule has 1 aliphatic rings. The van der Waals surface area contributed by atoms with Gasteiger partial charge in [0.25, 0.3) is 0 Å². The van der Waals surface area contributed by atoms with Crippen molar-refractivity contribution in [3.8, 4) is 0 Å². The maximum absolute atomic E-state index is 12.0. The Labute approximate surface area is 121 Å². The summed E-state index contributed by atoms with van der Waals surface area (Å²) in [6.07, 6.45) is 3.53. The largest absolute Gasteiger partial charge is 0.378 e. The fraction of sp³-hybridized carbons (Fsp3) is 0.471. The Morgan fingerprint density at radius 2 is 1.75 bits per heavy atom. The van der Waals surface area contributed by atoms with Crippen molar-refractivity contribution in [1.29, 1.82) is 0 Å². The molecular formula is C17H23NO2. The summed E-state index contributed by atoms with van der Waals surface area (Å²) in [5, 5.41) is 0. The number of benzene rings is 1. The number of hydrogen-bond donors (Lipinski definition) is 0. The molecule has 3 heteroatoms. The minimum absolute atomic E-state index is 0.0631. The van der Waals surface area contributed by atoms with Crippen LogP contribution in [0.3, 0.4) is 0 Å². The minimum Gasteiger partial charge on any atom is -0.378 e. The van der Waals surface area contributed by atoms with Gasteiger partial charge in [-0.25, -0.2) is 0 Å². The Balaban J connectivity index is 1.98. The van der Waals surface area contributed by atoms with Gasteiger partial charge < -0.3 is 9.64 Å². The Kier molecular flexibility index (Phi) is 4.61. The normalized spacial score (nSPS) is 16.6. The first kappa shape index (κ1) is 14.8. The van der Waals surface area contributed by atoms with E-state index in [1.165, 1.54) is 5.56 Å². The summed E-state index contributed by atoms with van der Waals surface area (Å²) in [7, 11) is 0. The molecule has 0 saturated carbocycles. The van der Waals surface area contributed by atoms with E-state index in [0.29, 0.717) is 26.3 Å². The highest BCUT2D eigenvalue weighted by atomic mass is 16.5. The molecule has 1 aliphatic heterocycles. The van der Waals surface area contributed by atoms with Gasteiger partial charge in [0.2, 0.25) is 5.91 Å². The second-order valence-electron chi connectivity index (χ2n) is 6.14. The van der Waals surface area contributed by atoms with E-state index >= 15 is 0 Å². The van der Waals surface area contributed by atoms with Crippen LogP contribution in [-0.4, -0.2) is 37.1 Å². The molecule has 0 aromatic heterocycles. The molecule has 1 heterocycles. The van der Waals surface area contributed by atoms with Gasteiger partial charge in [0.05, 0.1) is 13.2 Å². The molecule has 108 valence electrons. The molecule has 20 heavy (non-hydrogen) atoms. The van der Waals surface area contributed by atoms with E-state index in [1.807, 2.05) is 11.0 Å². The van der Waals surface area contributed by atoms with Crippen LogP contribution in [0.5, 0.6) is 0 Å². The number of amides is 1. The second-order valence-corrected chi connectivity index (χ2v) is 6.14. The van der Waals surface area contributed by atoms with Crippen molar-refractivity contribution in [2.45, 2.75) is 26.2 Å². The van der Waals surface area contributed by atoms with Gasteiger partial charge in [0, 0.05) is 19.2 Å². The molecule has 1 aromatic rings. The zero-order valence-corrected chi connectivity index (χ0v) is 12.6. The lowest BCUT2D eigenvalue weighted by molar-refractivity contribution is -0.129. The van der Waals surface area contributed by atoms with Crippen LogP contribution in [0.4, 0.5) is 0 Å². The summed E-state index contributed by atoms with van der Waals surface area (Å²) in [5.74, 6) is 0.0631. The van der Waals surface area contributed by atoms with Gasteiger partial charge in [-0.2, -0.15) is 0 Å². The van der Waals surface area contributed by atoms with Crippen molar-refractivity contribution < 1.29 is 9.53 Å². The van der Waals surface area contributed by atoms with E-state index in [0.717, 1.165) is 5.56 Å². The van der Waals surface area contributed by atoms with Crippen molar-refractivity contribution in [1.82, 2.24) is 4.90 Å². The standard InChI is InChI=1S/C17H23NO2/c1-17(2,3)15-7-4-14(5-8-15)6-9-16(19)18-10-12-20-13-11-18/h4-9H,10-13H2,1-3H3. The van der Waals surface area contributed by atoms with Gasteiger partial charge in [-0.1, -0.05) is 45.0 Å². The lowest BCUT2D eigenvalue weighted by atomic mass is 9.87. The third-order valence-electron chi connectivity index (χ3n) is 3.52. The topological polar surface area (TPSA) is 29.5 Å². The van der Waals surface area contributed by atoms with Crippen LogP contribution >= 0.6 is 0 Å². The molecule has 0 atom stereocenters. The molecule has 0 aliphatic carbocycles. The number of morpholine rings is 1. The molecule has 2 rings (SSSR count). The molecule has 1 fully saturated rings. The quantitative estimate of drug-likeness (QED) is 0.775. The number of rotatable bonds is 2. The van der Waals surface area contributed by atoms with Gasteiger partial charge in [-0.3, -0.25) is 4.79 Å². The summed E-state index contributed by atoms with van der Waals surface area (Å²) >= 11 is 0. The molecule has 0 spiro atoms. The molecule has 1 saturated heterocycles. The predicted molar refractivity (Wildman–Crippen MR) is 81.6 cm³/mol. The summed E-state index contributed by atoms with van der Waals surface area (Å²) in [5.41, 5.74) is 2.51. The minimum atomic E-state index is 0.0631. The zero-order chi connectivity index (χ0) is 14.6. The first-order chi connectivity index (χ1) is 9.47. The number of ether oxygens (including phenoxy) is 1. The Bertz CT molecular complexity index is 477. The van der Waals surface area contributed by atoms with Crippen LogP contribution in [0, 0.1) is 0 Å². The second kappa shape index (κ2) is 6.23. The van der Waals surface area contributed by atoms with Crippen LogP contribution in [0.25, 0.3) is 6.08 Å². The van der Waals surface area contributed by atoms with Crippen molar-refractivity contribution >= 4 is 12.0 Å². The fourth-order valence-electron chi connectivity index (χ4n) is 2.15. The van der Waals surface area contributed by atoms with Crippen molar-refractivity contribution in [3.05, 3.63) is 41.5 Å². The number of carbonyl (C=O) groups excluding carboxylic acids is 1. The lowest BCUT2D eigenvalue weighted by Gasteiger charge is -2.25. The van der Waals surface area contributed by atoms with Crippen LogP contribution in [0.15, 0.2) is 30.3 Å². The first-order valence-electron chi connectivity index (χ1n) is 7.12. The number of nitrogens with zero attached hydrogens (tertiary/aromatic N) is 1. The van der Waals surface area contributed by atoms with E-state index in [-0.39, 0.29) is 11.3 Å². The van der Waals surface area contributed by atoms with Crippen LogP contribution in [-0.2, 0) is 14.9 Å².